The van der Waals surface area contributed by atoms with Gasteiger partial charge in [0.05, 0.1) is 0 Å². The molecule has 2 aliphatic carbocycles. The van der Waals surface area contributed by atoms with E-state index in [4.69, 9.17) is 18.9 Å². The van der Waals surface area contributed by atoms with Gasteiger partial charge in [0.25, 0.3) is 23.6 Å². The molecule has 7 heterocycles. The van der Waals surface area contributed by atoms with Crippen molar-refractivity contribution in [2.24, 2.45) is 0 Å². The van der Waals surface area contributed by atoms with Crippen LogP contribution >= 0.6 is 22.7 Å². The Morgan fingerprint density at radius 3 is 0.963 bits per heavy atom. The van der Waals surface area contributed by atoms with E-state index in [1.165, 1.54) is 27.7 Å². The Balaban J connectivity index is 1.20. The van der Waals surface area contributed by atoms with Crippen LogP contribution in [0.25, 0.3) is 32.0 Å². The van der Waals surface area contributed by atoms with E-state index < -0.39 is 86.7 Å². The van der Waals surface area contributed by atoms with Crippen LogP contribution in [-0.2, 0) is 66.5 Å². The smallest absolute Gasteiger partial charge is 0.380 e. The molecule has 580 valence electrons. The number of ether oxygens (including phenoxy) is 4. The Bertz CT molecular complexity index is 4500. The van der Waals surface area contributed by atoms with E-state index in [2.05, 4.69) is 142 Å². The number of carbonyl (C=O) groups is 4. The van der Waals surface area contributed by atoms with E-state index in [1.54, 1.807) is 58.3 Å². The summed E-state index contributed by atoms with van der Waals surface area (Å²) in [7, 11) is 0. The second-order valence-electron chi connectivity index (χ2n) is 33.2. The number of amides is 4. The lowest BCUT2D eigenvalue weighted by Crippen LogP contribution is -2.49. The Labute approximate surface area is 646 Å². The maximum atomic E-state index is 16.9. The summed E-state index contributed by atoms with van der Waals surface area (Å²) in [4.78, 5) is 62.8. The lowest BCUT2D eigenvalue weighted by Gasteiger charge is -2.29. The summed E-state index contributed by atoms with van der Waals surface area (Å²) in [6.07, 6.45) is 0.634. The molecule has 0 atom stereocenters. The summed E-state index contributed by atoms with van der Waals surface area (Å²) in [5.41, 5.74) is 5.65. The number of thiophene rings is 2. The molecule has 0 fully saturated rings. The van der Waals surface area contributed by atoms with Crippen molar-refractivity contribution >= 4 is 68.8 Å². The van der Waals surface area contributed by atoms with Crippen LogP contribution in [-0.4, -0.2) is 104 Å². The molecule has 0 saturated heterocycles. The van der Waals surface area contributed by atoms with Crippen molar-refractivity contribution in [2.45, 2.75) is 204 Å². The van der Waals surface area contributed by atoms with E-state index >= 15 is 26.3 Å². The molecular weight excluding hydrogens is 1430 g/mol. The number of carbonyl (C=O) groups excluding carboxylic acids is 4. The first-order valence-corrected chi connectivity index (χ1v) is 39.2. The quantitative estimate of drug-likeness (QED) is 0.129. The van der Waals surface area contributed by atoms with Crippen molar-refractivity contribution in [3.05, 3.63) is 196 Å². The highest BCUT2D eigenvalue weighted by molar-refractivity contribution is 7.16. The third-order valence-electron chi connectivity index (χ3n) is 21.2. The molecule has 15 rings (SSSR count). The molecule has 7 aliphatic rings. The standard InChI is InChI=1S/C89H102F6N4O8S2/c1-21-98(22-2)71(102)47-106-79-59-33-55-37-63(83(9,10)11)39-57-35-61-43-66(86(18,19)20)44-62(80(61)107-48-72(103)99(23-3)24-4)36-58-40-64(84(12,13)14)38-56(34-60(79)42-65(41-59)85(15,16)17)78(58)105-46-70(101)97-68-31-27-54(28-32-68)82-50(6)74(52(8)109-82)76-75(87(90,91)89(94,95)88(76,92)93)73-49(5)81(108-51(73)7)53-25-29-67(30-26-53)96-69(100)45-104-77(55)57/h25-32,37-44H,21-24,33-36,45-48H2,1-20H3,(H,96,100)(H,97,101). The number of aryl methyl sites for hydroxylation is 2. The Hall–Kier alpha value is -8.88. The number of nitrogens with zero attached hydrogens (tertiary/aromatic N) is 2. The van der Waals surface area contributed by atoms with Crippen LogP contribution in [0, 0.1) is 27.7 Å². The van der Waals surface area contributed by atoms with Crippen molar-refractivity contribution in [3.8, 4) is 43.9 Å². The number of anilines is 2. The van der Waals surface area contributed by atoms with Crippen LogP contribution in [0.1, 0.15) is 210 Å². The third kappa shape index (κ3) is 16.1. The van der Waals surface area contributed by atoms with E-state index in [-0.39, 0.29) is 71.6 Å². The van der Waals surface area contributed by atoms with Crippen molar-refractivity contribution < 1.29 is 64.5 Å². The number of hydrogen-bond acceptors (Lipinski definition) is 10. The van der Waals surface area contributed by atoms with Crippen LogP contribution in [0.5, 0.6) is 23.0 Å². The molecule has 2 N–H and O–H groups in total. The van der Waals surface area contributed by atoms with Gasteiger partial charge in [-0.3, -0.25) is 19.2 Å². The Morgan fingerprint density at radius 1 is 0.440 bits per heavy atom. The molecule has 109 heavy (non-hydrogen) atoms. The lowest BCUT2D eigenvalue weighted by molar-refractivity contribution is -0.254. The normalized spacial score (nSPS) is 15.8. The first kappa shape index (κ1) is 81.1. The van der Waals surface area contributed by atoms with Gasteiger partial charge in [0, 0.05) is 105 Å². The first-order valence-electron chi connectivity index (χ1n) is 37.5. The molecule has 2 aromatic heterocycles. The Morgan fingerprint density at radius 2 is 0.706 bits per heavy atom. The monoisotopic (exact) mass is 1530 g/mol. The minimum atomic E-state index is -5.82. The van der Waals surface area contributed by atoms with E-state index in [0.717, 1.165) is 67.2 Å². The molecule has 0 spiro atoms. The summed E-state index contributed by atoms with van der Waals surface area (Å²) < 4.78 is 128. The average molecular weight is 1530 g/mol. The second kappa shape index (κ2) is 30.4. The zero-order valence-electron chi connectivity index (χ0n) is 66.5. The third-order valence-corrected chi connectivity index (χ3v) is 23.8. The van der Waals surface area contributed by atoms with Gasteiger partial charge < -0.3 is 39.4 Å². The molecule has 12 nitrogen and oxygen atoms in total. The zero-order chi connectivity index (χ0) is 79.7. The summed E-state index contributed by atoms with van der Waals surface area (Å²) in [5, 5.41) is 5.96. The van der Waals surface area contributed by atoms with Gasteiger partial charge in [-0.25, -0.2) is 0 Å². The number of nitrogens with one attached hydrogen (secondary N) is 2. The molecule has 0 unspecified atom stereocenters. The topological polar surface area (TPSA) is 136 Å². The number of likely N-dealkylation sites (N-methyl/N-ethyl adjacent to an activating group) is 2. The molecular formula is C89H102F6N4O8S2. The van der Waals surface area contributed by atoms with Crippen molar-refractivity contribution in [2.75, 3.05) is 63.2 Å². The van der Waals surface area contributed by atoms with Gasteiger partial charge in [-0.15, -0.1) is 22.7 Å². The summed E-state index contributed by atoms with van der Waals surface area (Å²) in [6, 6.07) is 29.9. The lowest BCUT2D eigenvalue weighted by atomic mass is 9.79. The molecule has 8 aromatic rings. The molecule has 0 saturated carbocycles. The number of halogens is 6. The molecule has 18 bridgehead atoms. The first-order chi connectivity index (χ1) is 50.9. The number of hydrogen-bond donors (Lipinski definition) is 2. The largest absolute Gasteiger partial charge is 0.483 e. The van der Waals surface area contributed by atoms with Gasteiger partial charge in [0.2, 0.25) is 0 Å². The summed E-state index contributed by atoms with van der Waals surface area (Å²) in [6.45, 7) is 39.3. The minimum Gasteiger partial charge on any atom is -0.483 e. The SMILES string of the molecule is CCN(CC)C(=O)COc1c2cc(C(C)(C)C)cc1Cc1cc(C(C)(C)C)cc3c1OCC(=O)Nc1ccc(cc1)-c1sc(C)c(c1C)C1=C(c4c(C)sc(c4C)-c4ccc(cc4)NC(=O)COc4c(cc(C(C)(C)C)cc4Cc4cc(C(C)(C)C)cc(c4OCC(=O)N(CC)CC)C3)C2)C(F)(F)C(F)(F)C1(F)F. The van der Waals surface area contributed by atoms with Crippen LogP contribution in [0.4, 0.5) is 37.7 Å². The van der Waals surface area contributed by atoms with Gasteiger partial charge >= 0.3 is 17.8 Å². The number of fused-ring (bicyclic) bond motifs is 1. The number of alkyl halides is 6. The van der Waals surface area contributed by atoms with Gasteiger partial charge in [-0.1, -0.05) is 156 Å². The highest BCUT2D eigenvalue weighted by Crippen LogP contribution is 2.67. The van der Waals surface area contributed by atoms with Crippen molar-refractivity contribution in [1.29, 1.82) is 0 Å². The van der Waals surface area contributed by atoms with Crippen molar-refractivity contribution in [3.63, 3.8) is 0 Å². The summed E-state index contributed by atoms with van der Waals surface area (Å²) >= 11 is 2.01. The minimum absolute atomic E-state index is 0.0927. The fraction of sp³-hybridized carbons (Fsp3) is 0.438. The number of rotatable bonds is 10. The highest BCUT2D eigenvalue weighted by Gasteiger charge is 2.80. The van der Waals surface area contributed by atoms with E-state index in [1.807, 2.05) is 27.7 Å². The number of allylic oxidation sites excluding steroid dienone is 2. The maximum Gasteiger partial charge on any atom is 0.380 e. The van der Waals surface area contributed by atoms with E-state index in [0.29, 0.717) is 104 Å². The van der Waals surface area contributed by atoms with Crippen LogP contribution in [0.3, 0.4) is 0 Å². The maximum absolute atomic E-state index is 16.9. The van der Waals surface area contributed by atoms with Crippen molar-refractivity contribution in [1.82, 2.24) is 9.80 Å². The summed E-state index contributed by atoms with van der Waals surface area (Å²) in [5.74, 6) is -16.3. The average Bonchev–Trinajstić information content (AvgIpc) is 1.52. The van der Waals surface area contributed by atoms with Gasteiger partial charge in [0.1, 0.15) is 23.0 Å². The second-order valence-corrected chi connectivity index (χ2v) is 35.6. The predicted molar refractivity (Wildman–Crippen MR) is 427 cm³/mol. The highest BCUT2D eigenvalue weighted by atomic mass is 32.1. The predicted octanol–water partition coefficient (Wildman–Crippen LogP) is 20.9. The van der Waals surface area contributed by atoms with Crippen LogP contribution in [0.15, 0.2) is 97.1 Å². The fourth-order valence-electron chi connectivity index (χ4n) is 15.0. The number of benzene rings is 6. The molecule has 4 amide bonds. The molecule has 0 radical (unpaired) electrons. The molecule has 20 heteroatoms. The Kier molecular flexibility index (Phi) is 22.6. The van der Waals surface area contributed by atoms with Crippen LogP contribution < -0.4 is 29.6 Å². The van der Waals surface area contributed by atoms with Gasteiger partial charge in [-0.05, 0) is 190 Å². The van der Waals surface area contributed by atoms with E-state index in [9.17, 15) is 19.2 Å². The van der Waals surface area contributed by atoms with Gasteiger partial charge in [-0.2, -0.15) is 26.3 Å². The molecule has 6 aromatic carbocycles. The van der Waals surface area contributed by atoms with Gasteiger partial charge in [0.15, 0.2) is 26.4 Å². The van der Waals surface area contributed by atoms with Crippen LogP contribution in [0.2, 0.25) is 0 Å². The zero-order valence-corrected chi connectivity index (χ0v) is 68.1. The molecule has 5 aliphatic heterocycles. The fourth-order valence-corrected chi connectivity index (χ4v) is 17.4.